The van der Waals surface area contributed by atoms with Gasteiger partial charge in [0, 0.05) is 6.42 Å². The maximum Gasteiger partial charge on any atom is 0.343 e. The van der Waals surface area contributed by atoms with Crippen LogP contribution in [0, 0.1) is 5.82 Å². The normalized spacial score (nSPS) is 10.2. The Hall–Kier alpha value is -2.69. The van der Waals surface area contributed by atoms with E-state index in [9.17, 15) is 14.0 Å². The number of carbonyl (C=O) groups excluding carboxylic acids is 2. The molecular formula is C19H19FO4. The predicted octanol–water partition coefficient (Wildman–Crippen LogP) is 4.53. The molecular weight excluding hydrogens is 311 g/mol. The molecule has 0 atom stereocenters. The van der Waals surface area contributed by atoms with Gasteiger partial charge in [0.25, 0.3) is 0 Å². The molecule has 4 nitrogen and oxygen atoms in total. The van der Waals surface area contributed by atoms with E-state index in [4.69, 9.17) is 9.47 Å². The van der Waals surface area contributed by atoms with Crippen molar-refractivity contribution in [3.8, 4) is 11.5 Å². The standard InChI is InChI=1S/C19H19FO4/c1-2-3-4-5-18(21)23-16-10-12-17(13-11-16)24-19(22)14-6-8-15(20)9-7-14/h6-13H,2-5H2,1H3. The van der Waals surface area contributed by atoms with Gasteiger partial charge in [0.1, 0.15) is 17.3 Å². The number of hydrogen-bond donors (Lipinski definition) is 0. The van der Waals surface area contributed by atoms with Crippen molar-refractivity contribution in [3.05, 3.63) is 59.9 Å². The molecule has 0 amide bonds. The van der Waals surface area contributed by atoms with Crippen LogP contribution in [-0.4, -0.2) is 11.9 Å². The molecule has 2 rings (SSSR count). The van der Waals surface area contributed by atoms with E-state index in [0.29, 0.717) is 17.9 Å². The SMILES string of the molecule is CCCCCC(=O)Oc1ccc(OC(=O)c2ccc(F)cc2)cc1. The summed E-state index contributed by atoms with van der Waals surface area (Å²) >= 11 is 0. The molecule has 0 N–H and O–H groups in total. The van der Waals surface area contributed by atoms with Gasteiger partial charge in [-0.05, 0) is 55.0 Å². The number of benzene rings is 2. The topological polar surface area (TPSA) is 52.6 Å². The molecule has 0 aliphatic carbocycles. The van der Waals surface area contributed by atoms with Gasteiger partial charge in [0.15, 0.2) is 0 Å². The zero-order valence-electron chi connectivity index (χ0n) is 13.5. The fraction of sp³-hybridized carbons (Fsp3) is 0.263. The van der Waals surface area contributed by atoms with Gasteiger partial charge in [-0.25, -0.2) is 9.18 Å². The van der Waals surface area contributed by atoms with Crippen molar-refractivity contribution < 1.29 is 23.5 Å². The molecule has 0 aliphatic heterocycles. The van der Waals surface area contributed by atoms with Crippen molar-refractivity contribution in [1.29, 1.82) is 0 Å². The summed E-state index contributed by atoms with van der Waals surface area (Å²) in [6.45, 7) is 2.07. The first kappa shape index (κ1) is 17.7. The lowest BCUT2D eigenvalue weighted by Crippen LogP contribution is -2.09. The van der Waals surface area contributed by atoms with Crippen molar-refractivity contribution in [3.63, 3.8) is 0 Å². The van der Waals surface area contributed by atoms with Crippen molar-refractivity contribution in [1.82, 2.24) is 0 Å². The van der Waals surface area contributed by atoms with E-state index in [-0.39, 0.29) is 11.5 Å². The second-order valence-electron chi connectivity index (χ2n) is 5.30. The summed E-state index contributed by atoms with van der Waals surface area (Å²) in [7, 11) is 0. The number of halogens is 1. The van der Waals surface area contributed by atoms with Crippen LogP contribution >= 0.6 is 0 Å². The third kappa shape index (κ3) is 5.50. The van der Waals surface area contributed by atoms with Crippen LogP contribution in [0.5, 0.6) is 11.5 Å². The zero-order valence-corrected chi connectivity index (χ0v) is 13.5. The zero-order chi connectivity index (χ0) is 17.4. The Bertz CT molecular complexity index is 678. The minimum Gasteiger partial charge on any atom is -0.427 e. The van der Waals surface area contributed by atoms with Crippen LogP contribution in [0.2, 0.25) is 0 Å². The number of hydrogen-bond acceptors (Lipinski definition) is 4. The molecule has 0 fully saturated rings. The van der Waals surface area contributed by atoms with Gasteiger partial charge < -0.3 is 9.47 Å². The predicted molar refractivity (Wildman–Crippen MR) is 87.6 cm³/mol. The van der Waals surface area contributed by atoms with Crippen molar-refractivity contribution in [2.75, 3.05) is 0 Å². The third-order valence-electron chi connectivity index (χ3n) is 3.33. The van der Waals surface area contributed by atoms with Gasteiger partial charge in [-0.2, -0.15) is 0 Å². The van der Waals surface area contributed by atoms with E-state index < -0.39 is 11.8 Å². The first-order valence-electron chi connectivity index (χ1n) is 7.87. The van der Waals surface area contributed by atoms with Crippen LogP contribution in [-0.2, 0) is 4.79 Å². The Morgan fingerprint density at radius 3 is 2.04 bits per heavy atom. The minimum atomic E-state index is -0.584. The quantitative estimate of drug-likeness (QED) is 0.425. The Labute approximate surface area is 140 Å². The minimum absolute atomic E-state index is 0.253. The summed E-state index contributed by atoms with van der Waals surface area (Å²) in [6.07, 6.45) is 3.23. The second-order valence-corrected chi connectivity index (χ2v) is 5.30. The second kappa shape index (κ2) is 8.82. The highest BCUT2D eigenvalue weighted by Crippen LogP contribution is 2.19. The Morgan fingerprint density at radius 1 is 0.875 bits per heavy atom. The summed E-state index contributed by atoms with van der Waals surface area (Å²) in [5.41, 5.74) is 0.253. The number of rotatable bonds is 7. The average molecular weight is 330 g/mol. The number of esters is 2. The van der Waals surface area contributed by atoms with Crippen LogP contribution < -0.4 is 9.47 Å². The van der Waals surface area contributed by atoms with Crippen LogP contribution in [0.1, 0.15) is 43.0 Å². The molecule has 2 aromatic rings. The summed E-state index contributed by atoms with van der Waals surface area (Å²) in [6, 6.07) is 11.3. The molecule has 2 aromatic carbocycles. The van der Waals surface area contributed by atoms with E-state index >= 15 is 0 Å². The highest BCUT2D eigenvalue weighted by Gasteiger charge is 2.09. The summed E-state index contributed by atoms with van der Waals surface area (Å²) in [4.78, 5) is 23.5. The number of carbonyl (C=O) groups is 2. The number of unbranched alkanes of at least 4 members (excludes halogenated alkanes) is 2. The molecule has 0 aliphatic rings. The maximum absolute atomic E-state index is 12.8. The highest BCUT2D eigenvalue weighted by molar-refractivity contribution is 5.91. The first-order valence-corrected chi connectivity index (χ1v) is 7.87. The fourth-order valence-corrected chi connectivity index (χ4v) is 2.03. The van der Waals surface area contributed by atoms with Crippen LogP contribution in [0.15, 0.2) is 48.5 Å². The highest BCUT2D eigenvalue weighted by atomic mass is 19.1. The largest absolute Gasteiger partial charge is 0.427 e. The lowest BCUT2D eigenvalue weighted by Gasteiger charge is -2.07. The molecule has 0 spiro atoms. The molecule has 0 heterocycles. The summed E-state index contributed by atoms with van der Waals surface area (Å²) in [5, 5.41) is 0. The molecule has 0 radical (unpaired) electrons. The van der Waals surface area contributed by atoms with Crippen LogP contribution in [0.3, 0.4) is 0 Å². The van der Waals surface area contributed by atoms with Crippen LogP contribution in [0.4, 0.5) is 4.39 Å². The van der Waals surface area contributed by atoms with Gasteiger partial charge in [-0.3, -0.25) is 4.79 Å². The summed E-state index contributed by atoms with van der Waals surface area (Å²) in [5.74, 6) is -0.566. The molecule has 0 saturated carbocycles. The summed E-state index contributed by atoms with van der Waals surface area (Å²) < 4.78 is 23.2. The maximum atomic E-state index is 12.8. The van der Waals surface area contributed by atoms with Gasteiger partial charge in [-0.1, -0.05) is 19.8 Å². The molecule has 5 heteroatoms. The van der Waals surface area contributed by atoms with Crippen molar-refractivity contribution in [2.24, 2.45) is 0 Å². The molecule has 126 valence electrons. The Morgan fingerprint density at radius 2 is 1.46 bits per heavy atom. The average Bonchev–Trinajstić information content (AvgIpc) is 2.57. The van der Waals surface area contributed by atoms with Gasteiger partial charge in [0.2, 0.25) is 0 Å². The molecule has 0 saturated heterocycles. The molecule has 0 unspecified atom stereocenters. The van der Waals surface area contributed by atoms with Gasteiger partial charge in [-0.15, -0.1) is 0 Å². The molecule has 0 aromatic heterocycles. The van der Waals surface area contributed by atoms with Gasteiger partial charge >= 0.3 is 11.9 Å². The lowest BCUT2D eigenvalue weighted by atomic mass is 10.2. The van der Waals surface area contributed by atoms with E-state index in [1.165, 1.54) is 36.4 Å². The lowest BCUT2D eigenvalue weighted by molar-refractivity contribution is -0.134. The first-order chi connectivity index (χ1) is 11.6. The monoisotopic (exact) mass is 330 g/mol. The van der Waals surface area contributed by atoms with Crippen molar-refractivity contribution >= 4 is 11.9 Å². The van der Waals surface area contributed by atoms with Crippen molar-refractivity contribution in [2.45, 2.75) is 32.6 Å². The number of ether oxygens (including phenoxy) is 2. The van der Waals surface area contributed by atoms with E-state index in [1.807, 2.05) is 0 Å². The molecule has 24 heavy (non-hydrogen) atoms. The van der Waals surface area contributed by atoms with Crippen LogP contribution in [0.25, 0.3) is 0 Å². The van der Waals surface area contributed by atoms with E-state index in [0.717, 1.165) is 19.3 Å². The molecule has 0 bridgehead atoms. The third-order valence-corrected chi connectivity index (χ3v) is 3.33. The Kier molecular flexibility index (Phi) is 6.49. The fourth-order valence-electron chi connectivity index (χ4n) is 2.03. The van der Waals surface area contributed by atoms with Gasteiger partial charge in [0.05, 0.1) is 5.56 Å². The smallest absolute Gasteiger partial charge is 0.343 e. The Balaban J connectivity index is 1.88. The van der Waals surface area contributed by atoms with E-state index in [1.54, 1.807) is 12.1 Å². The van der Waals surface area contributed by atoms with E-state index in [2.05, 4.69) is 6.92 Å².